The lowest BCUT2D eigenvalue weighted by Crippen LogP contribution is -1.99. The van der Waals surface area contributed by atoms with E-state index in [4.69, 9.17) is 0 Å². The first kappa shape index (κ1) is 11.6. The van der Waals surface area contributed by atoms with E-state index in [-0.39, 0.29) is 0 Å². The minimum atomic E-state index is 0.628. The van der Waals surface area contributed by atoms with Gasteiger partial charge in [-0.25, -0.2) is 0 Å². The fourth-order valence-electron chi connectivity index (χ4n) is 1.98. The van der Waals surface area contributed by atoms with E-state index in [0.29, 0.717) is 17.8 Å². The molecule has 0 fully saturated rings. The van der Waals surface area contributed by atoms with E-state index in [1.54, 1.807) is 5.57 Å². The molecular formula is C14H23. The minimum absolute atomic E-state index is 0.628. The van der Waals surface area contributed by atoms with Crippen LogP contribution < -0.4 is 0 Å². The number of allylic oxidation sites excluding steroid dienone is 4. The zero-order valence-corrected chi connectivity index (χ0v) is 10.4. The Morgan fingerprint density at radius 1 is 0.857 bits per heavy atom. The zero-order valence-electron chi connectivity index (χ0n) is 10.4. The molecule has 0 spiro atoms. The van der Waals surface area contributed by atoms with Crippen molar-refractivity contribution in [3.63, 3.8) is 0 Å². The van der Waals surface area contributed by atoms with Crippen molar-refractivity contribution in [3.05, 3.63) is 22.8 Å². The Labute approximate surface area is 89.1 Å². The summed E-state index contributed by atoms with van der Waals surface area (Å²) in [6.07, 6.45) is 4.79. The quantitative estimate of drug-likeness (QED) is 0.621. The molecule has 0 aromatic rings. The second-order valence-corrected chi connectivity index (χ2v) is 5.23. The van der Waals surface area contributed by atoms with Gasteiger partial charge >= 0.3 is 0 Å². The smallest absolute Gasteiger partial charge is 0.00878 e. The third-order valence-corrected chi connectivity index (χ3v) is 2.99. The molecule has 0 saturated carbocycles. The minimum Gasteiger partial charge on any atom is -0.0595 e. The molecule has 1 aliphatic carbocycles. The van der Waals surface area contributed by atoms with E-state index >= 15 is 0 Å². The number of rotatable bonds is 3. The lowest BCUT2D eigenvalue weighted by molar-refractivity contribution is 0.679. The fraction of sp³-hybridized carbons (Fsp3) is 0.714. The number of hydrogen-bond donors (Lipinski definition) is 0. The van der Waals surface area contributed by atoms with Gasteiger partial charge in [-0.2, -0.15) is 0 Å². The maximum atomic E-state index is 3.62. The van der Waals surface area contributed by atoms with Crippen LogP contribution in [0, 0.1) is 23.8 Å². The highest BCUT2D eigenvalue weighted by atomic mass is 14.3. The van der Waals surface area contributed by atoms with Gasteiger partial charge in [-0.3, -0.25) is 0 Å². The standard InChI is InChI=1S/C14H23/c1-9(2)12-7-13(10(3)4)14(8-12)11(5)6/h9-11H,7H2,1-6H3. The van der Waals surface area contributed by atoms with Crippen LogP contribution in [0.4, 0.5) is 0 Å². The Balaban J connectivity index is 2.92. The predicted molar refractivity (Wildman–Crippen MR) is 62.9 cm³/mol. The van der Waals surface area contributed by atoms with Gasteiger partial charge in [-0.15, -0.1) is 0 Å². The van der Waals surface area contributed by atoms with Crippen molar-refractivity contribution in [1.82, 2.24) is 0 Å². The lowest BCUT2D eigenvalue weighted by atomic mass is 9.92. The van der Waals surface area contributed by atoms with Crippen LogP contribution in [0.25, 0.3) is 0 Å². The summed E-state index contributed by atoms with van der Waals surface area (Å²) in [5.74, 6) is 1.96. The van der Waals surface area contributed by atoms with E-state index < -0.39 is 0 Å². The summed E-state index contributed by atoms with van der Waals surface area (Å²) in [5.41, 5.74) is 4.59. The molecule has 1 rings (SSSR count). The van der Waals surface area contributed by atoms with Gasteiger partial charge in [-0.05, 0) is 35.8 Å². The van der Waals surface area contributed by atoms with Crippen LogP contribution in [0.5, 0.6) is 0 Å². The Kier molecular flexibility index (Phi) is 3.58. The van der Waals surface area contributed by atoms with Crippen molar-refractivity contribution in [3.8, 4) is 0 Å². The summed E-state index contributed by atoms with van der Waals surface area (Å²) >= 11 is 0. The highest BCUT2D eigenvalue weighted by molar-refractivity contribution is 5.37. The summed E-state index contributed by atoms with van der Waals surface area (Å²) in [5, 5.41) is 0. The summed E-state index contributed by atoms with van der Waals surface area (Å²) in [6, 6.07) is 0. The van der Waals surface area contributed by atoms with Gasteiger partial charge in [0.25, 0.3) is 0 Å². The lowest BCUT2D eigenvalue weighted by Gasteiger charge is -2.13. The monoisotopic (exact) mass is 191 g/mol. The van der Waals surface area contributed by atoms with E-state index in [1.807, 2.05) is 0 Å². The molecule has 0 aliphatic heterocycles. The molecule has 0 saturated heterocycles. The number of hydrogen-bond acceptors (Lipinski definition) is 0. The summed E-state index contributed by atoms with van der Waals surface area (Å²) in [6.45, 7) is 13.7. The summed E-state index contributed by atoms with van der Waals surface area (Å²) in [4.78, 5) is 0. The molecule has 0 unspecified atom stereocenters. The van der Waals surface area contributed by atoms with E-state index in [1.165, 1.54) is 17.6 Å². The topological polar surface area (TPSA) is 0 Å². The van der Waals surface area contributed by atoms with Crippen molar-refractivity contribution in [2.45, 2.75) is 48.0 Å². The molecule has 0 amide bonds. The second-order valence-electron chi connectivity index (χ2n) is 5.23. The third-order valence-electron chi connectivity index (χ3n) is 2.99. The molecule has 0 bridgehead atoms. The first-order valence-corrected chi connectivity index (χ1v) is 5.79. The molecule has 0 heteroatoms. The van der Waals surface area contributed by atoms with Crippen LogP contribution in [-0.4, -0.2) is 0 Å². The van der Waals surface area contributed by atoms with E-state index in [0.717, 1.165) is 0 Å². The van der Waals surface area contributed by atoms with Gasteiger partial charge < -0.3 is 0 Å². The fourth-order valence-corrected chi connectivity index (χ4v) is 1.98. The molecule has 14 heavy (non-hydrogen) atoms. The Bertz CT molecular complexity index is 262. The van der Waals surface area contributed by atoms with Crippen LogP contribution >= 0.6 is 0 Å². The van der Waals surface area contributed by atoms with Crippen LogP contribution in [0.3, 0.4) is 0 Å². The Hall–Kier alpha value is -0.520. The molecule has 0 aromatic carbocycles. The molecule has 0 aromatic heterocycles. The third kappa shape index (κ3) is 2.29. The second kappa shape index (κ2) is 4.33. The largest absolute Gasteiger partial charge is 0.0595 e. The van der Waals surface area contributed by atoms with Gasteiger partial charge in [-0.1, -0.05) is 52.7 Å². The highest BCUT2D eigenvalue weighted by Gasteiger charge is 2.21. The molecule has 0 N–H and O–H groups in total. The van der Waals surface area contributed by atoms with E-state index in [2.05, 4.69) is 47.6 Å². The first-order chi connectivity index (χ1) is 6.43. The maximum Gasteiger partial charge on any atom is -0.00878 e. The van der Waals surface area contributed by atoms with Crippen LogP contribution in [-0.2, 0) is 0 Å². The average Bonchev–Trinajstić information content (AvgIpc) is 2.47. The normalized spacial score (nSPS) is 17.6. The summed E-state index contributed by atoms with van der Waals surface area (Å²) in [7, 11) is 0. The molecule has 0 heterocycles. The highest BCUT2D eigenvalue weighted by Crippen LogP contribution is 2.36. The van der Waals surface area contributed by atoms with Gasteiger partial charge in [0.1, 0.15) is 0 Å². The maximum absolute atomic E-state index is 3.62. The molecule has 0 nitrogen and oxygen atoms in total. The predicted octanol–water partition coefficient (Wildman–Crippen LogP) is 4.38. The van der Waals surface area contributed by atoms with Crippen LogP contribution in [0.2, 0.25) is 0 Å². The van der Waals surface area contributed by atoms with Crippen molar-refractivity contribution < 1.29 is 0 Å². The van der Waals surface area contributed by atoms with Crippen molar-refractivity contribution in [1.29, 1.82) is 0 Å². The molecule has 1 radical (unpaired) electrons. The molecule has 0 atom stereocenters. The molecule has 1 aliphatic rings. The van der Waals surface area contributed by atoms with Gasteiger partial charge in [0, 0.05) is 0 Å². The van der Waals surface area contributed by atoms with E-state index in [9.17, 15) is 0 Å². The van der Waals surface area contributed by atoms with Crippen LogP contribution in [0.1, 0.15) is 48.0 Å². The van der Waals surface area contributed by atoms with Gasteiger partial charge in [0.2, 0.25) is 0 Å². The summed E-state index contributed by atoms with van der Waals surface area (Å²) < 4.78 is 0. The Morgan fingerprint density at radius 3 is 1.71 bits per heavy atom. The van der Waals surface area contributed by atoms with Crippen molar-refractivity contribution in [2.75, 3.05) is 0 Å². The SMILES string of the molecule is CC(C)C1=[C]C(C(C)C)=C(C(C)C)C1. The van der Waals surface area contributed by atoms with Crippen molar-refractivity contribution in [2.24, 2.45) is 17.8 Å². The zero-order chi connectivity index (χ0) is 10.9. The van der Waals surface area contributed by atoms with Gasteiger partial charge in [0.05, 0.1) is 0 Å². The Morgan fingerprint density at radius 2 is 1.43 bits per heavy atom. The van der Waals surface area contributed by atoms with Crippen LogP contribution in [0.15, 0.2) is 16.7 Å². The average molecular weight is 191 g/mol. The molecule has 79 valence electrons. The van der Waals surface area contributed by atoms with Gasteiger partial charge in [0.15, 0.2) is 0 Å². The van der Waals surface area contributed by atoms with Crippen molar-refractivity contribution >= 4 is 0 Å². The molecular weight excluding hydrogens is 168 g/mol. The first-order valence-electron chi connectivity index (χ1n) is 5.79.